The number of cyclic esters (lactones) is 1. The van der Waals surface area contributed by atoms with Gasteiger partial charge in [0.2, 0.25) is 12.1 Å². The Kier molecular flexibility index (Phi) is 2.95. The third-order valence-electron chi connectivity index (χ3n) is 4.11. The first kappa shape index (κ1) is 13.4. The molecule has 4 rings (SSSR count). The predicted octanol–water partition coefficient (Wildman–Crippen LogP) is -0.375. The molecule has 8 nitrogen and oxygen atoms in total. The van der Waals surface area contributed by atoms with E-state index in [4.69, 9.17) is 15.2 Å². The minimum Gasteiger partial charge on any atom is -0.464 e. The summed E-state index contributed by atoms with van der Waals surface area (Å²) in [6, 6.07) is 5.38. The van der Waals surface area contributed by atoms with Gasteiger partial charge in [-0.2, -0.15) is 0 Å². The number of rotatable bonds is 2. The molecule has 0 aromatic heterocycles. The van der Waals surface area contributed by atoms with Gasteiger partial charge in [-0.05, 0) is 12.1 Å². The number of fused-ring (bicyclic) bond motifs is 3. The zero-order valence-corrected chi connectivity index (χ0v) is 11.8. The predicted molar refractivity (Wildman–Crippen MR) is 77.9 cm³/mol. The number of amides is 2. The molecule has 116 valence electrons. The molecule has 1 aromatic carbocycles. The fourth-order valence-electron chi connectivity index (χ4n) is 3.02. The molecule has 1 aromatic rings. The Balaban J connectivity index is 1.66. The minimum absolute atomic E-state index is 0.0175. The number of nitrogens with one attached hydrogen (secondary N) is 1. The molecule has 0 radical (unpaired) electrons. The number of ether oxygens (including phenoxy) is 2. The van der Waals surface area contributed by atoms with Gasteiger partial charge in [0.25, 0.3) is 0 Å². The van der Waals surface area contributed by atoms with E-state index in [2.05, 4.69) is 5.32 Å². The van der Waals surface area contributed by atoms with Crippen molar-refractivity contribution < 1.29 is 19.1 Å². The Bertz CT molecular complexity index is 650. The highest BCUT2D eigenvalue weighted by atomic mass is 16.6. The molecule has 2 saturated heterocycles. The molecule has 2 fully saturated rings. The second-order valence-corrected chi connectivity index (χ2v) is 5.41. The summed E-state index contributed by atoms with van der Waals surface area (Å²) in [6.45, 7) is 1.89. The number of benzene rings is 1. The van der Waals surface area contributed by atoms with Gasteiger partial charge in [0.05, 0.1) is 12.2 Å². The molecular weight excluding hydrogens is 288 g/mol. The van der Waals surface area contributed by atoms with Crippen LogP contribution in [0, 0.1) is 0 Å². The van der Waals surface area contributed by atoms with Crippen molar-refractivity contribution in [2.75, 3.05) is 36.0 Å². The minimum atomic E-state index is -0.526. The molecule has 3 heterocycles. The fourth-order valence-corrected chi connectivity index (χ4v) is 3.02. The van der Waals surface area contributed by atoms with E-state index in [1.807, 2.05) is 6.07 Å². The summed E-state index contributed by atoms with van der Waals surface area (Å²) in [6.07, 6.45) is -1.46. The highest BCUT2D eigenvalue weighted by Gasteiger charge is 2.49. The molecule has 0 bridgehead atoms. The normalized spacial score (nSPS) is 26.6. The molecule has 2 unspecified atom stereocenters. The van der Waals surface area contributed by atoms with E-state index in [0.29, 0.717) is 24.5 Å². The van der Waals surface area contributed by atoms with Crippen LogP contribution < -0.4 is 25.6 Å². The van der Waals surface area contributed by atoms with Crippen molar-refractivity contribution >= 4 is 23.4 Å². The summed E-state index contributed by atoms with van der Waals surface area (Å²) in [5.41, 5.74) is 7.03. The molecule has 0 aliphatic carbocycles. The van der Waals surface area contributed by atoms with Crippen LogP contribution in [0.5, 0.6) is 5.75 Å². The second-order valence-electron chi connectivity index (χ2n) is 5.41. The van der Waals surface area contributed by atoms with Crippen molar-refractivity contribution in [2.24, 2.45) is 5.73 Å². The van der Waals surface area contributed by atoms with Crippen molar-refractivity contribution in [3.05, 3.63) is 18.2 Å². The molecule has 0 saturated carbocycles. The lowest BCUT2D eigenvalue weighted by molar-refractivity contribution is -0.118. The average Bonchev–Trinajstić information content (AvgIpc) is 3.04. The maximum Gasteiger partial charge on any atom is 0.418 e. The first-order chi connectivity index (χ1) is 10.7. The quantitative estimate of drug-likeness (QED) is 0.773. The molecule has 3 aliphatic rings. The zero-order valence-electron chi connectivity index (χ0n) is 11.8. The van der Waals surface area contributed by atoms with Crippen LogP contribution >= 0.6 is 0 Å². The van der Waals surface area contributed by atoms with E-state index in [1.165, 1.54) is 4.90 Å². The number of carbonyl (C=O) groups excluding carboxylic acids is 2. The van der Waals surface area contributed by atoms with Crippen LogP contribution in [0.15, 0.2) is 18.2 Å². The largest absolute Gasteiger partial charge is 0.464 e. The maximum atomic E-state index is 12.0. The van der Waals surface area contributed by atoms with Crippen LogP contribution in [0.3, 0.4) is 0 Å². The van der Waals surface area contributed by atoms with E-state index in [1.54, 1.807) is 17.0 Å². The van der Waals surface area contributed by atoms with Gasteiger partial charge in [0, 0.05) is 31.4 Å². The van der Waals surface area contributed by atoms with E-state index in [0.717, 1.165) is 12.2 Å². The van der Waals surface area contributed by atoms with Crippen molar-refractivity contribution in [1.82, 2.24) is 5.32 Å². The monoisotopic (exact) mass is 304 g/mol. The highest BCUT2D eigenvalue weighted by molar-refractivity contribution is 5.98. The van der Waals surface area contributed by atoms with Gasteiger partial charge < -0.3 is 25.4 Å². The molecule has 2 amide bonds. The average molecular weight is 304 g/mol. The molecule has 0 spiro atoms. The van der Waals surface area contributed by atoms with E-state index >= 15 is 0 Å². The highest BCUT2D eigenvalue weighted by Crippen LogP contribution is 2.43. The van der Waals surface area contributed by atoms with Crippen molar-refractivity contribution in [1.29, 1.82) is 0 Å². The van der Waals surface area contributed by atoms with Gasteiger partial charge in [0.15, 0.2) is 6.10 Å². The zero-order chi connectivity index (χ0) is 15.3. The maximum absolute atomic E-state index is 12.0. The van der Waals surface area contributed by atoms with Crippen molar-refractivity contribution in [2.45, 2.75) is 12.3 Å². The molecule has 3 N–H and O–H groups in total. The SMILES string of the molecule is NCC1OC(=O)N2c3ccc(N4CCNCC4=O)cc3OC12. The van der Waals surface area contributed by atoms with Gasteiger partial charge in [-0.15, -0.1) is 0 Å². The first-order valence-corrected chi connectivity index (χ1v) is 7.21. The Morgan fingerprint density at radius 2 is 2.18 bits per heavy atom. The number of hydrogen-bond acceptors (Lipinski definition) is 6. The van der Waals surface area contributed by atoms with Crippen LogP contribution in [0.2, 0.25) is 0 Å². The Morgan fingerprint density at radius 3 is 2.95 bits per heavy atom. The number of carbonyl (C=O) groups is 2. The topological polar surface area (TPSA) is 97.1 Å². The van der Waals surface area contributed by atoms with Crippen LogP contribution in [-0.2, 0) is 9.53 Å². The summed E-state index contributed by atoms with van der Waals surface area (Å²) in [7, 11) is 0. The van der Waals surface area contributed by atoms with Crippen LogP contribution in [0.25, 0.3) is 0 Å². The number of piperazine rings is 1. The standard InChI is InChI=1S/C14H16N4O4/c15-6-11-13-18(14(20)22-11)9-2-1-8(5-10(9)21-13)17-4-3-16-7-12(17)19/h1-2,5,11,13,16H,3-4,6-7,15H2. The van der Waals surface area contributed by atoms with E-state index < -0.39 is 18.4 Å². The van der Waals surface area contributed by atoms with Gasteiger partial charge in [-0.25, -0.2) is 9.69 Å². The van der Waals surface area contributed by atoms with Gasteiger partial charge >= 0.3 is 6.09 Å². The smallest absolute Gasteiger partial charge is 0.418 e. The lowest BCUT2D eigenvalue weighted by Gasteiger charge is -2.27. The van der Waals surface area contributed by atoms with Crippen LogP contribution in [-0.4, -0.2) is 50.5 Å². The molecule has 8 heteroatoms. The summed E-state index contributed by atoms with van der Waals surface area (Å²) >= 11 is 0. The Hall–Kier alpha value is -2.32. The number of anilines is 2. The number of nitrogens with two attached hydrogens (primary N) is 1. The lowest BCUT2D eigenvalue weighted by atomic mass is 10.2. The Labute approximate surface area is 126 Å². The summed E-state index contributed by atoms with van der Waals surface area (Å²) in [4.78, 5) is 27.1. The summed E-state index contributed by atoms with van der Waals surface area (Å²) in [5, 5.41) is 3.03. The first-order valence-electron chi connectivity index (χ1n) is 7.21. The molecule has 3 aliphatic heterocycles. The fraction of sp³-hybridized carbons (Fsp3) is 0.429. The number of hydrogen-bond donors (Lipinski definition) is 2. The van der Waals surface area contributed by atoms with E-state index in [9.17, 15) is 9.59 Å². The number of nitrogens with zero attached hydrogens (tertiary/aromatic N) is 2. The van der Waals surface area contributed by atoms with Gasteiger partial charge in [0.1, 0.15) is 5.75 Å². The second kappa shape index (κ2) is 4.85. The molecule has 22 heavy (non-hydrogen) atoms. The summed E-state index contributed by atoms with van der Waals surface area (Å²) < 4.78 is 11.0. The van der Waals surface area contributed by atoms with Crippen LogP contribution in [0.4, 0.5) is 16.2 Å². The molecule has 2 atom stereocenters. The third kappa shape index (κ3) is 1.84. The third-order valence-corrected chi connectivity index (χ3v) is 4.11. The summed E-state index contributed by atoms with van der Waals surface area (Å²) in [5.74, 6) is 0.591. The van der Waals surface area contributed by atoms with E-state index in [-0.39, 0.29) is 12.5 Å². The lowest BCUT2D eigenvalue weighted by Crippen LogP contribution is -2.48. The van der Waals surface area contributed by atoms with Crippen molar-refractivity contribution in [3.8, 4) is 5.75 Å². The van der Waals surface area contributed by atoms with Crippen molar-refractivity contribution in [3.63, 3.8) is 0 Å². The Morgan fingerprint density at radius 1 is 1.32 bits per heavy atom. The van der Waals surface area contributed by atoms with Crippen LogP contribution in [0.1, 0.15) is 0 Å². The van der Waals surface area contributed by atoms with Gasteiger partial charge in [-0.3, -0.25) is 4.79 Å². The van der Waals surface area contributed by atoms with Gasteiger partial charge in [-0.1, -0.05) is 0 Å². The molecular formula is C14H16N4O4.